The molecule has 2 amide bonds. The van der Waals surface area contributed by atoms with Gasteiger partial charge in [-0.25, -0.2) is 31.9 Å². The maximum atomic E-state index is 16.2. The summed E-state index contributed by atoms with van der Waals surface area (Å²) in [6.07, 6.45) is -1.13. The van der Waals surface area contributed by atoms with Crippen molar-refractivity contribution >= 4 is 46.4 Å². The highest BCUT2D eigenvalue weighted by Crippen LogP contribution is 2.26. The largest absolute Gasteiger partial charge is 0.480 e. The molecular formula is C72H90F4N8O20S. The van der Waals surface area contributed by atoms with Gasteiger partial charge in [0.05, 0.1) is 123 Å². The van der Waals surface area contributed by atoms with Crippen LogP contribution in [0.2, 0.25) is 0 Å². The Morgan fingerprint density at radius 1 is 0.486 bits per heavy atom. The lowest BCUT2D eigenvalue weighted by molar-refractivity contribution is -0.140. The number of ketones is 1. The molecule has 0 aliphatic carbocycles. The SMILES string of the molecule is CC(=O)SCCOCCOCCOCCOCCOCCOCCOCCOCCC(=O)NCCC(=O)C(NCc1cc(F)c(C(=O)N[C@@H](Cc2ccc(-c3c(C)n(C)c(=O)n(C)c3=O)cc2)C(=O)O)c(F)c1)c1cc(F)c(CN[C@@H](Cc2ccc(-c3c(C)n(C)c(=O)n(C)c3=O)cc2)C(=O)O)c(F)c1. The van der Waals surface area contributed by atoms with Gasteiger partial charge in [0, 0.05) is 96.7 Å². The first-order chi connectivity index (χ1) is 50.2. The van der Waals surface area contributed by atoms with Gasteiger partial charge in [-0.15, -0.1) is 0 Å². The Balaban J connectivity index is 0.995. The number of thioether (sulfide) groups is 1. The van der Waals surface area contributed by atoms with Gasteiger partial charge < -0.3 is 67.9 Å². The first-order valence-corrected chi connectivity index (χ1v) is 34.6. The molecule has 6 rings (SSSR count). The highest BCUT2D eigenvalue weighted by atomic mass is 32.2. The number of hydrogen-bond acceptors (Lipinski definition) is 21. The maximum absolute atomic E-state index is 16.2. The molecule has 6 aromatic rings. The number of halogens is 4. The smallest absolute Gasteiger partial charge is 0.330 e. The van der Waals surface area contributed by atoms with Crippen molar-refractivity contribution in [1.82, 2.24) is 39.5 Å². The number of Topliss-reactive ketones (excluding diaryl/α,β-unsaturated/α-hetero) is 1. The number of carboxylic acid groups (broad SMARTS) is 2. The van der Waals surface area contributed by atoms with Gasteiger partial charge in [0.1, 0.15) is 40.9 Å². The first kappa shape index (κ1) is 85.1. The Morgan fingerprint density at radius 2 is 0.886 bits per heavy atom. The van der Waals surface area contributed by atoms with Crippen molar-refractivity contribution in [1.29, 1.82) is 0 Å². The molecule has 3 atom stereocenters. The molecule has 4 aromatic carbocycles. The summed E-state index contributed by atoms with van der Waals surface area (Å²) >= 11 is 1.22. The molecule has 0 fully saturated rings. The van der Waals surface area contributed by atoms with E-state index in [4.69, 9.17) is 37.9 Å². The summed E-state index contributed by atoms with van der Waals surface area (Å²) < 4.78 is 113. The Morgan fingerprint density at radius 3 is 1.30 bits per heavy atom. The molecule has 0 saturated heterocycles. The van der Waals surface area contributed by atoms with E-state index in [0.29, 0.717) is 119 Å². The minimum Gasteiger partial charge on any atom is -0.480 e. The Labute approximate surface area is 606 Å². The zero-order valence-corrected chi connectivity index (χ0v) is 60.4. The maximum Gasteiger partial charge on any atom is 0.330 e. The number of carboxylic acids is 2. The van der Waals surface area contributed by atoms with E-state index in [2.05, 4.69) is 21.3 Å². The fraction of sp³-hybridized carbons (Fsp3) is 0.472. The number of nitrogens with one attached hydrogen (secondary N) is 4. The molecule has 28 nitrogen and oxygen atoms in total. The number of carbonyl (C=O) groups excluding carboxylic acids is 4. The normalized spacial score (nSPS) is 12.3. The predicted octanol–water partition coefficient (Wildman–Crippen LogP) is 3.91. The fourth-order valence-corrected chi connectivity index (χ4v) is 11.2. The third kappa shape index (κ3) is 26.3. The zero-order chi connectivity index (χ0) is 76.7. The van der Waals surface area contributed by atoms with Crippen LogP contribution >= 0.6 is 11.8 Å². The van der Waals surface area contributed by atoms with Crippen LogP contribution in [0.5, 0.6) is 0 Å². The number of benzene rings is 4. The number of ether oxygens (including phenoxy) is 8. The van der Waals surface area contributed by atoms with E-state index in [1.54, 1.807) is 38.1 Å². The third-order valence-electron chi connectivity index (χ3n) is 16.7. The first-order valence-electron chi connectivity index (χ1n) is 33.7. The summed E-state index contributed by atoms with van der Waals surface area (Å²) in [5.74, 6) is -10.3. The second-order valence-corrected chi connectivity index (χ2v) is 25.3. The minimum atomic E-state index is -1.72. The molecule has 1 unspecified atom stereocenters. The van der Waals surface area contributed by atoms with Crippen LogP contribution in [0.25, 0.3) is 22.3 Å². The van der Waals surface area contributed by atoms with E-state index >= 15 is 17.6 Å². The molecular weight excluding hydrogens is 1400 g/mol. The van der Waals surface area contributed by atoms with E-state index in [-0.39, 0.29) is 79.6 Å². The van der Waals surface area contributed by atoms with Gasteiger partial charge >= 0.3 is 23.3 Å². The topological polar surface area (TPSA) is 353 Å². The van der Waals surface area contributed by atoms with Crippen molar-refractivity contribution in [2.24, 2.45) is 28.2 Å². The van der Waals surface area contributed by atoms with Gasteiger partial charge in [0.15, 0.2) is 10.9 Å². The number of carbonyl (C=O) groups is 6. The molecule has 2 heterocycles. The summed E-state index contributed by atoms with van der Waals surface area (Å²) in [4.78, 5) is 127. The van der Waals surface area contributed by atoms with Crippen molar-refractivity contribution in [3.63, 3.8) is 0 Å². The van der Waals surface area contributed by atoms with Crippen LogP contribution < -0.4 is 43.8 Å². The van der Waals surface area contributed by atoms with Gasteiger partial charge in [-0.1, -0.05) is 60.3 Å². The number of aliphatic carboxylic acids is 2. The summed E-state index contributed by atoms with van der Waals surface area (Å²) in [7, 11) is 5.68. The molecule has 0 aliphatic heterocycles. The predicted molar refractivity (Wildman–Crippen MR) is 378 cm³/mol. The van der Waals surface area contributed by atoms with Crippen LogP contribution in [0.15, 0.2) is 92.0 Å². The molecule has 0 bridgehead atoms. The third-order valence-corrected chi connectivity index (χ3v) is 17.4. The van der Waals surface area contributed by atoms with Crippen molar-refractivity contribution < 1.29 is 94.4 Å². The highest BCUT2D eigenvalue weighted by Gasteiger charge is 2.29. The standard InChI is InChI=1S/C72H90F4N8O20S/c1-44-62(67(89)83(6)71(95)81(44)4)50-12-8-47(9-13-50)38-58(69(91)92)78-43-53-54(73)40-52(41-55(53)74)65(60(86)16-18-77-61(87)17-19-97-20-21-98-22-23-99-24-25-100-26-27-101-28-29-102-30-31-103-32-33-104-34-35-105-46(3)85)79-42-49-36-56(75)64(57(76)37-49)66(88)80-59(70(93)94)39-48-10-14-51(15-11-48)63-45(2)82(5)72(96)84(7)68(63)90/h8-15,36-37,40-41,58-59,65,78-79H,16-35,38-39,42-43H2,1-7H3,(H,77,87)(H,80,88)(H,91,92)(H,93,94)/t58-,59-,65?/m0/s1. The van der Waals surface area contributed by atoms with Crippen LogP contribution in [0.4, 0.5) is 17.6 Å². The Kier molecular flexibility index (Phi) is 35.3. The summed E-state index contributed by atoms with van der Waals surface area (Å²) in [6, 6.07) is 10.7. The quantitative estimate of drug-likeness (QED) is 0.0233. The van der Waals surface area contributed by atoms with Gasteiger partial charge in [-0.05, 0) is 77.9 Å². The number of nitrogens with zero attached hydrogens (tertiary/aromatic N) is 4. The molecule has 2 aromatic heterocycles. The molecule has 0 aliphatic rings. The number of rotatable bonds is 48. The summed E-state index contributed by atoms with van der Waals surface area (Å²) in [5.41, 5.74) is -1.53. The number of amides is 2. The molecule has 6 N–H and O–H groups in total. The molecule has 0 radical (unpaired) electrons. The van der Waals surface area contributed by atoms with Crippen LogP contribution in [-0.2, 0) is 116 Å². The lowest BCUT2D eigenvalue weighted by atomic mass is 9.97. The summed E-state index contributed by atoms with van der Waals surface area (Å²) in [5, 5.41) is 30.4. The van der Waals surface area contributed by atoms with E-state index in [0.717, 1.165) is 33.4 Å². The van der Waals surface area contributed by atoms with Crippen LogP contribution in [-0.4, -0.2) is 193 Å². The molecule has 105 heavy (non-hydrogen) atoms. The Hall–Kier alpha value is -8.87. The average Bonchev–Trinajstić information content (AvgIpc) is 0.785. The van der Waals surface area contributed by atoms with Gasteiger partial charge in [-0.3, -0.25) is 53.3 Å². The number of aromatic nitrogens is 4. The van der Waals surface area contributed by atoms with Crippen molar-refractivity contribution in [3.05, 3.63) is 183 Å². The fourth-order valence-electron chi connectivity index (χ4n) is 10.7. The molecule has 572 valence electrons. The van der Waals surface area contributed by atoms with E-state index < -0.39 is 124 Å². The van der Waals surface area contributed by atoms with Crippen LogP contribution in [0.1, 0.15) is 75.4 Å². The lowest BCUT2D eigenvalue weighted by Gasteiger charge is -2.21. The van der Waals surface area contributed by atoms with Gasteiger partial charge in [-0.2, -0.15) is 0 Å². The van der Waals surface area contributed by atoms with Crippen molar-refractivity contribution in [3.8, 4) is 22.3 Å². The average molecular weight is 1500 g/mol. The zero-order valence-electron chi connectivity index (χ0n) is 59.6. The summed E-state index contributed by atoms with van der Waals surface area (Å²) in [6.45, 7) is 8.52. The number of hydrogen-bond donors (Lipinski definition) is 6. The molecule has 0 spiro atoms. The molecule has 33 heteroatoms. The lowest BCUT2D eigenvalue weighted by Crippen LogP contribution is -2.43. The van der Waals surface area contributed by atoms with E-state index in [1.807, 2.05) is 0 Å². The Bertz CT molecular complexity index is 4150. The second-order valence-electron chi connectivity index (χ2n) is 24.0. The van der Waals surface area contributed by atoms with Crippen LogP contribution in [0, 0.1) is 37.1 Å². The molecule has 0 saturated carbocycles. The van der Waals surface area contributed by atoms with Crippen molar-refractivity contribution in [2.45, 2.75) is 77.7 Å². The van der Waals surface area contributed by atoms with Crippen molar-refractivity contribution in [2.75, 3.05) is 118 Å². The highest BCUT2D eigenvalue weighted by molar-refractivity contribution is 8.13. The van der Waals surface area contributed by atoms with E-state index in [9.17, 15) is 58.2 Å². The van der Waals surface area contributed by atoms with Crippen LogP contribution in [0.3, 0.4) is 0 Å². The monoisotopic (exact) mass is 1490 g/mol. The van der Waals surface area contributed by atoms with Gasteiger partial charge in [0.2, 0.25) is 5.91 Å². The van der Waals surface area contributed by atoms with Gasteiger partial charge in [0.25, 0.3) is 17.0 Å². The second kappa shape index (κ2) is 43.5. The van der Waals surface area contributed by atoms with E-state index in [1.165, 1.54) is 80.3 Å². The minimum absolute atomic E-state index is 0.0219.